The molecule has 2 N–H and O–H groups in total. The Labute approximate surface area is 104 Å². The molecule has 1 aliphatic heterocycles. The topological polar surface area (TPSA) is 64.3 Å². The van der Waals surface area contributed by atoms with Gasteiger partial charge in [0.2, 0.25) is 0 Å². The van der Waals surface area contributed by atoms with Crippen molar-refractivity contribution in [3.8, 4) is 0 Å². The van der Waals surface area contributed by atoms with Crippen LogP contribution >= 0.6 is 0 Å². The number of nitrogens with one attached hydrogen (secondary N) is 1. The van der Waals surface area contributed by atoms with Crippen molar-refractivity contribution >= 4 is 5.91 Å². The van der Waals surface area contributed by atoms with Gasteiger partial charge < -0.3 is 20.5 Å². The van der Waals surface area contributed by atoms with E-state index in [-0.39, 0.29) is 39.1 Å². The Kier molecular flexibility index (Phi) is 5.60. The van der Waals surface area contributed by atoms with E-state index in [0.717, 1.165) is 13.1 Å². The number of aliphatic hydroxyl groups is 1. The normalized spacial score (nSPS) is 22.0. The van der Waals surface area contributed by atoms with Gasteiger partial charge in [-0.05, 0) is 19.9 Å². The van der Waals surface area contributed by atoms with E-state index in [1.165, 1.54) is 0 Å². The summed E-state index contributed by atoms with van der Waals surface area (Å²) in [6, 6.07) is 0. The van der Waals surface area contributed by atoms with Gasteiger partial charge in [-0.2, -0.15) is 0 Å². The van der Waals surface area contributed by atoms with E-state index in [1.807, 2.05) is 7.05 Å². The molecule has 0 saturated carbocycles. The van der Waals surface area contributed by atoms with Crippen LogP contribution in [0, 0.1) is 0 Å². The fraction of sp³-hybridized carbons (Fsp3) is 0.875. The first-order valence-corrected chi connectivity index (χ1v) is 4.17. The van der Waals surface area contributed by atoms with E-state index in [1.54, 1.807) is 0 Å². The molecule has 0 spiro atoms. The summed E-state index contributed by atoms with van der Waals surface area (Å²) in [6.07, 6.45) is 1.20. The first-order chi connectivity index (χ1) is 5.52. The Morgan fingerprint density at radius 2 is 2.00 bits per heavy atom. The van der Waals surface area contributed by atoms with Gasteiger partial charge in [-0.1, -0.05) is 0 Å². The average molecular weight is 260 g/mol. The molecule has 1 saturated heterocycles. The number of hydrogen-bond donors (Lipinski definition) is 1. The fourth-order valence-corrected chi connectivity index (χ4v) is 1.51. The van der Waals surface area contributed by atoms with Crippen LogP contribution < -0.4 is 0 Å². The van der Waals surface area contributed by atoms with Crippen LogP contribution in [0.1, 0.15) is 19.3 Å². The van der Waals surface area contributed by atoms with Crippen molar-refractivity contribution in [2.45, 2.75) is 24.9 Å². The Morgan fingerprint density at radius 1 is 1.54 bits per heavy atom. The molecule has 0 aromatic rings. The number of rotatable bonds is 2. The molecule has 1 heterocycles. The minimum absolute atomic E-state index is 0. The van der Waals surface area contributed by atoms with Gasteiger partial charge in [0, 0.05) is 52.2 Å². The fourth-order valence-electron chi connectivity index (χ4n) is 1.51. The van der Waals surface area contributed by atoms with E-state index in [0.29, 0.717) is 12.8 Å². The van der Waals surface area contributed by atoms with Gasteiger partial charge in [0.25, 0.3) is 0 Å². The standard InChI is InChI=1S/C8H16N2O2.Y/c1-10-4-2-8(12,3-5-10)6-7(9)11;/h12H,2-6H2,1H3,(H2,9,11);/p-1. The molecule has 73 valence electrons. The Balaban J connectivity index is 0.00000144. The van der Waals surface area contributed by atoms with Crippen LogP contribution in [-0.2, 0) is 37.5 Å². The van der Waals surface area contributed by atoms with E-state index in [2.05, 4.69) is 4.90 Å². The maximum atomic E-state index is 10.5. The second-order valence-electron chi connectivity index (χ2n) is 3.63. The SMILES string of the molecule is CN1CCC(O)(CC([NH-])=O)CC1.[Y]. The number of carbonyl (C=O) groups is 1. The average Bonchev–Trinajstić information content (AvgIpc) is 1.94. The van der Waals surface area contributed by atoms with Gasteiger partial charge in [0.15, 0.2) is 0 Å². The molecule has 1 amide bonds. The number of likely N-dealkylation sites (tertiary alicyclic amines) is 1. The first kappa shape index (κ1) is 13.5. The molecule has 0 bridgehead atoms. The van der Waals surface area contributed by atoms with Gasteiger partial charge in [0.05, 0.1) is 11.5 Å². The Morgan fingerprint density at radius 3 is 2.38 bits per heavy atom. The Hall–Kier alpha value is 0.494. The zero-order chi connectivity index (χ0) is 9.19. The first-order valence-electron chi connectivity index (χ1n) is 4.17. The van der Waals surface area contributed by atoms with Crippen LogP contribution in [-0.4, -0.2) is 41.7 Å². The molecule has 1 aliphatic rings. The second-order valence-corrected chi connectivity index (χ2v) is 3.63. The summed E-state index contributed by atoms with van der Waals surface area (Å²) in [7, 11) is 1.99. The number of amides is 1. The summed E-state index contributed by atoms with van der Waals surface area (Å²) >= 11 is 0. The molecule has 1 rings (SSSR count). The summed E-state index contributed by atoms with van der Waals surface area (Å²) in [5.41, 5.74) is 5.88. The molecule has 0 unspecified atom stereocenters. The molecule has 1 radical (unpaired) electrons. The molecule has 1 fully saturated rings. The van der Waals surface area contributed by atoms with Gasteiger partial charge in [-0.3, -0.25) is 0 Å². The minimum atomic E-state index is -0.897. The summed E-state index contributed by atoms with van der Waals surface area (Å²) < 4.78 is 0. The van der Waals surface area contributed by atoms with E-state index in [9.17, 15) is 9.90 Å². The van der Waals surface area contributed by atoms with E-state index in [4.69, 9.17) is 5.73 Å². The summed E-state index contributed by atoms with van der Waals surface area (Å²) in [4.78, 5) is 12.6. The maximum absolute atomic E-state index is 10.5. The van der Waals surface area contributed by atoms with Crippen molar-refractivity contribution < 1.29 is 42.6 Å². The van der Waals surface area contributed by atoms with Gasteiger partial charge in [-0.25, -0.2) is 0 Å². The van der Waals surface area contributed by atoms with Crippen molar-refractivity contribution in [1.29, 1.82) is 0 Å². The predicted molar refractivity (Wildman–Crippen MR) is 45.6 cm³/mol. The van der Waals surface area contributed by atoms with Crippen molar-refractivity contribution in [2.75, 3.05) is 20.1 Å². The van der Waals surface area contributed by atoms with Crippen LogP contribution in [0.3, 0.4) is 0 Å². The summed E-state index contributed by atoms with van der Waals surface area (Å²) in [5.74, 6) is -0.665. The van der Waals surface area contributed by atoms with Crippen molar-refractivity contribution in [1.82, 2.24) is 4.90 Å². The third-order valence-electron chi connectivity index (χ3n) is 2.41. The van der Waals surface area contributed by atoms with Crippen LogP contribution in [0.2, 0.25) is 0 Å². The van der Waals surface area contributed by atoms with Gasteiger partial charge >= 0.3 is 0 Å². The van der Waals surface area contributed by atoms with Crippen LogP contribution in [0.25, 0.3) is 5.73 Å². The number of piperidine rings is 1. The monoisotopic (exact) mass is 260 g/mol. The molecular weight excluding hydrogens is 245 g/mol. The zero-order valence-corrected chi connectivity index (χ0v) is 10.8. The minimum Gasteiger partial charge on any atom is -0.668 e. The third-order valence-corrected chi connectivity index (χ3v) is 2.41. The molecule has 13 heavy (non-hydrogen) atoms. The zero-order valence-electron chi connectivity index (χ0n) is 7.92. The van der Waals surface area contributed by atoms with E-state index >= 15 is 0 Å². The molecule has 0 aromatic carbocycles. The van der Waals surface area contributed by atoms with Crippen molar-refractivity contribution in [3.63, 3.8) is 0 Å². The number of hydrogen-bond acceptors (Lipinski definition) is 3. The van der Waals surface area contributed by atoms with Gasteiger partial charge in [0.1, 0.15) is 0 Å². The molecule has 0 atom stereocenters. The molecular formula is C8H15N2O2Y-. The molecule has 0 aliphatic carbocycles. The van der Waals surface area contributed by atoms with Crippen molar-refractivity contribution in [2.24, 2.45) is 0 Å². The van der Waals surface area contributed by atoms with Crippen molar-refractivity contribution in [3.05, 3.63) is 5.73 Å². The summed E-state index contributed by atoms with van der Waals surface area (Å²) in [5, 5.41) is 9.79. The van der Waals surface area contributed by atoms with Crippen LogP contribution in [0.5, 0.6) is 0 Å². The van der Waals surface area contributed by atoms with E-state index < -0.39 is 11.5 Å². The number of nitrogens with zero attached hydrogens (tertiary/aromatic N) is 1. The molecule has 0 aromatic heterocycles. The molecule has 5 heteroatoms. The van der Waals surface area contributed by atoms with Gasteiger partial charge in [-0.15, -0.1) is 0 Å². The largest absolute Gasteiger partial charge is 0.668 e. The predicted octanol–water partition coefficient (Wildman–Crippen LogP) is 0.410. The molecule has 4 nitrogen and oxygen atoms in total. The quantitative estimate of drug-likeness (QED) is 0.782. The van der Waals surface area contributed by atoms with Crippen LogP contribution in [0.15, 0.2) is 0 Å². The third kappa shape index (κ3) is 4.50. The summed E-state index contributed by atoms with van der Waals surface area (Å²) in [6.45, 7) is 1.62. The van der Waals surface area contributed by atoms with Crippen LogP contribution in [0.4, 0.5) is 0 Å². The number of carbonyl (C=O) groups excluding carboxylic acids is 1. The smallest absolute Gasteiger partial charge is 0.0725 e. The maximum Gasteiger partial charge on any atom is 0.0725 e. The Bertz CT molecular complexity index is 179. The second kappa shape index (κ2) is 5.39.